The molecule has 0 radical (unpaired) electrons. The third-order valence-corrected chi connectivity index (χ3v) is 3.67. The quantitative estimate of drug-likeness (QED) is 0.714. The van der Waals surface area contributed by atoms with Crippen molar-refractivity contribution in [1.29, 1.82) is 0 Å². The minimum Gasteiger partial charge on any atom is -0.333 e. The Balaban J connectivity index is 2.07. The molecule has 0 bridgehead atoms. The van der Waals surface area contributed by atoms with Crippen LogP contribution in [0.5, 0.6) is 0 Å². The molecule has 2 rings (SSSR count). The van der Waals surface area contributed by atoms with E-state index in [1.54, 1.807) is 9.80 Å². The summed E-state index contributed by atoms with van der Waals surface area (Å²) in [5, 5.41) is 3.89. The van der Waals surface area contributed by atoms with Crippen LogP contribution in [0.1, 0.15) is 17.5 Å². The number of likely N-dealkylation sites (N-methyl/N-ethyl adjacent to an activating group) is 1. The zero-order valence-electron chi connectivity index (χ0n) is 9.84. The lowest BCUT2D eigenvalue weighted by Gasteiger charge is -2.32. The molecular formula is C10H14N4O2S. The number of carbonyl (C=O) groups excluding carboxylic acids is 2. The molecule has 1 aliphatic heterocycles. The number of aromatic nitrogens is 2. The monoisotopic (exact) mass is 254 g/mol. The first-order valence-electron chi connectivity index (χ1n) is 5.49. The third-order valence-electron chi connectivity index (χ3n) is 2.86. The van der Waals surface area contributed by atoms with Crippen molar-refractivity contribution >= 4 is 23.3 Å². The molecular weight excluding hydrogens is 240 g/mol. The van der Waals surface area contributed by atoms with Gasteiger partial charge in [0.1, 0.15) is 0 Å². The smallest absolute Gasteiger partial charge is 0.312 e. The molecule has 1 saturated heterocycles. The van der Waals surface area contributed by atoms with E-state index in [0.29, 0.717) is 26.2 Å². The number of hydrogen-bond acceptors (Lipinski definition) is 5. The van der Waals surface area contributed by atoms with Gasteiger partial charge in [-0.15, -0.1) is 5.10 Å². The van der Waals surface area contributed by atoms with Crippen LogP contribution in [-0.4, -0.2) is 50.8 Å². The van der Waals surface area contributed by atoms with E-state index in [1.165, 1.54) is 11.5 Å². The Morgan fingerprint density at radius 2 is 1.88 bits per heavy atom. The van der Waals surface area contributed by atoms with Crippen molar-refractivity contribution in [2.24, 2.45) is 0 Å². The molecule has 1 fully saturated rings. The normalized spacial score (nSPS) is 16.8. The van der Waals surface area contributed by atoms with E-state index < -0.39 is 11.8 Å². The lowest BCUT2D eigenvalue weighted by Crippen LogP contribution is -2.53. The van der Waals surface area contributed by atoms with Crippen molar-refractivity contribution in [3.8, 4) is 0 Å². The molecule has 2 heterocycles. The Kier molecular flexibility index (Phi) is 3.37. The van der Waals surface area contributed by atoms with Crippen LogP contribution in [-0.2, 0) is 16.1 Å². The predicted octanol–water partition coefficient (Wildman–Crippen LogP) is 0.0372. The zero-order chi connectivity index (χ0) is 12.4. The van der Waals surface area contributed by atoms with Crippen LogP contribution in [0, 0.1) is 6.92 Å². The number of aryl methyl sites for hydroxylation is 1. The van der Waals surface area contributed by atoms with E-state index in [9.17, 15) is 9.59 Å². The van der Waals surface area contributed by atoms with Crippen molar-refractivity contribution in [2.45, 2.75) is 20.4 Å². The molecule has 17 heavy (non-hydrogen) atoms. The van der Waals surface area contributed by atoms with Gasteiger partial charge in [0.05, 0.1) is 17.1 Å². The molecule has 0 atom stereocenters. The first-order chi connectivity index (χ1) is 8.13. The summed E-state index contributed by atoms with van der Waals surface area (Å²) in [5.74, 6) is -0.834. The molecule has 0 N–H and O–H groups in total. The van der Waals surface area contributed by atoms with Gasteiger partial charge in [0.25, 0.3) is 0 Å². The predicted molar refractivity (Wildman–Crippen MR) is 62.3 cm³/mol. The van der Waals surface area contributed by atoms with E-state index in [2.05, 4.69) is 9.59 Å². The topological polar surface area (TPSA) is 66.4 Å². The fourth-order valence-corrected chi connectivity index (χ4v) is 2.39. The van der Waals surface area contributed by atoms with E-state index in [-0.39, 0.29) is 0 Å². The molecule has 0 aliphatic carbocycles. The van der Waals surface area contributed by atoms with Gasteiger partial charge in [0.2, 0.25) is 0 Å². The Hall–Kier alpha value is -1.50. The first kappa shape index (κ1) is 12.0. The lowest BCUT2D eigenvalue weighted by atomic mass is 10.2. The third kappa shape index (κ3) is 2.28. The number of nitrogens with zero attached hydrogens (tertiary/aromatic N) is 4. The fraction of sp³-hybridized carbons (Fsp3) is 0.600. The van der Waals surface area contributed by atoms with Crippen LogP contribution < -0.4 is 0 Å². The summed E-state index contributed by atoms with van der Waals surface area (Å²) in [6.45, 7) is 5.93. The minimum atomic E-state index is -0.425. The maximum Gasteiger partial charge on any atom is 0.312 e. The van der Waals surface area contributed by atoms with Crippen molar-refractivity contribution in [2.75, 3.05) is 19.6 Å². The van der Waals surface area contributed by atoms with Gasteiger partial charge in [0, 0.05) is 19.6 Å². The molecule has 0 spiro atoms. The van der Waals surface area contributed by atoms with E-state index in [4.69, 9.17) is 0 Å². The highest BCUT2D eigenvalue weighted by Crippen LogP contribution is 2.15. The largest absolute Gasteiger partial charge is 0.333 e. The Bertz CT molecular complexity index is 445. The summed E-state index contributed by atoms with van der Waals surface area (Å²) in [6.07, 6.45) is 0. The molecule has 6 nitrogen and oxygen atoms in total. The Morgan fingerprint density at radius 3 is 2.47 bits per heavy atom. The molecule has 92 valence electrons. The van der Waals surface area contributed by atoms with Crippen molar-refractivity contribution in [1.82, 2.24) is 19.4 Å². The zero-order valence-corrected chi connectivity index (χ0v) is 10.7. The second-order valence-corrected chi connectivity index (χ2v) is 4.73. The van der Waals surface area contributed by atoms with Crippen LogP contribution >= 0.6 is 11.5 Å². The highest BCUT2D eigenvalue weighted by molar-refractivity contribution is 7.05. The number of hydrogen-bond donors (Lipinski definition) is 0. The number of amides is 2. The molecule has 1 aromatic rings. The molecule has 2 amide bonds. The van der Waals surface area contributed by atoms with Gasteiger partial charge in [-0.25, -0.2) is 0 Å². The summed E-state index contributed by atoms with van der Waals surface area (Å²) in [4.78, 5) is 27.6. The van der Waals surface area contributed by atoms with Crippen LogP contribution in [0.15, 0.2) is 0 Å². The van der Waals surface area contributed by atoms with Crippen molar-refractivity contribution < 1.29 is 9.59 Å². The molecule has 7 heteroatoms. The highest BCUT2D eigenvalue weighted by atomic mass is 32.1. The summed E-state index contributed by atoms with van der Waals surface area (Å²) >= 11 is 1.27. The lowest BCUT2D eigenvalue weighted by molar-refractivity contribution is -0.156. The molecule has 0 unspecified atom stereocenters. The van der Waals surface area contributed by atoms with Gasteiger partial charge in [-0.05, 0) is 25.4 Å². The molecule has 1 aliphatic rings. The molecule has 0 saturated carbocycles. The van der Waals surface area contributed by atoms with Gasteiger partial charge in [-0.2, -0.15) is 0 Å². The summed E-state index contributed by atoms with van der Waals surface area (Å²) in [7, 11) is 0. The maximum atomic E-state index is 11.8. The van der Waals surface area contributed by atoms with Gasteiger partial charge in [-0.1, -0.05) is 4.49 Å². The van der Waals surface area contributed by atoms with Crippen molar-refractivity contribution in [3.05, 3.63) is 10.6 Å². The highest BCUT2D eigenvalue weighted by Gasteiger charge is 2.31. The van der Waals surface area contributed by atoms with Gasteiger partial charge < -0.3 is 9.80 Å². The van der Waals surface area contributed by atoms with Crippen LogP contribution in [0.25, 0.3) is 0 Å². The second-order valence-electron chi connectivity index (χ2n) is 3.89. The summed E-state index contributed by atoms with van der Waals surface area (Å²) < 4.78 is 3.82. The fourth-order valence-electron chi connectivity index (χ4n) is 1.74. The average molecular weight is 254 g/mol. The molecule has 0 aromatic carbocycles. The minimum absolute atomic E-state index is 0.408. The van der Waals surface area contributed by atoms with E-state index in [1.807, 2.05) is 13.8 Å². The summed E-state index contributed by atoms with van der Waals surface area (Å²) in [5.41, 5.74) is 0.827. The number of carbonyl (C=O) groups is 2. The van der Waals surface area contributed by atoms with Gasteiger partial charge in [-0.3, -0.25) is 9.59 Å². The number of piperazine rings is 1. The number of rotatable bonds is 3. The SMILES string of the molecule is CCN1CCN(Cc2snnc2C)C(=O)C1=O. The van der Waals surface area contributed by atoms with Gasteiger partial charge >= 0.3 is 11.8 Å². The standard InChI is InChI=1S/C10H14N4O2S/c1-3-13-4-5-14(10(16)9(13)15)6-8-7(2)11-12-17-8/h3-6H2,1-2H3. The van der Waals surface area contributed by atoms with Crippen molar-refractivity contribution in [3.63, 3.8) is 0 Å². The Labute approximate surface area is 103 Å². The second kappa shape index (κ2) is 4.79. The van der Waals surface area contributed by atoms with Crippen LogP contribution in [0.3, 0.4) is 0 Å². The van der Waals surface area contributed by atoms with E-state index >= 15 is 0 Å². The maximum absolute atomic E-state index is 11.8. The van der Waals surface area contributed by atoms with Crippen LogP contribution in [0.2, 0.25) is 0 Å². The van der Waals surface area contributed by atoms with E-state index in [0.717, 1.165) is 10.6 Å². The summed E-state index contributed by atoms with van der Waals surface area (Å²) in [6, 6.07) is 0. The Morgan fingerprint density at radius 1 is 1.24 bits per heavy atom. The average Bonchev–Trinajstić information content (AvgIpc) is 2.71. The van der Waals surface area contributed by atoms with Crippen LogP contribution in [0.4, 0.5) is 0 Å². The van der Waals surface area contributed by atoms with Gasteiger partial charge in [0.15, 0.2) is 0 Å². The first-order valence-corrected chi connectivity index (χ1v) is 6.26. The molecule has 1 aromatic heterocycles.